The van der Waals surface area contributed by atoms with Crippen molar-refractivity contribution in [1.82, 2.24) is 0 Å². The first-order chi connectivity index (χ1) is 7.45. The molecule has 0 heterocycles. The van der Waals surface area contributed by atoms with Crippen molar-refractivity contribution >= 4 is 29.0 Å². The van der Waals surface area contributed by atoms with Gasteiger partial charge in [-0.3, -0.25) is 9.59 Å². The van der Waals surface area contributed by atoms with E-state index in [9.17, 15) is 9.59 Å². The number of carbonyl (C=O) groups excluding carboxylic acids is 2. The number of hydrogen-bond donors (Lipinski definition) is 1. The van der Waals surface area contributed by atoms with Crippen LogP contribution in [0.4, 0.5) is 5.69 Å². The van der Waals surface area contributed by atoms with Crippen LogP contribution < -0.4 is 5.32 Å². The molecular formula is C12H14ClNO2. The van der Waals surface area contributed by atoms with Crippen LogP contribution in [-0.4, -0.2) is 17.6 Å². The number of amides is 1. The average molecular weight is 240 g/mol. The topological polar surface area (TPSA) is 46.2 Å². The Balaban J connectivity index is 3.12. The first-order valence-corrected chi connectivity index (χ1v) is 5.47. The molecule has 1 aromatic carbocycles. The van der Waals surface area contributed by atoms with Gasteiger partial charge in [0.05, 0.1) is 0 Å². The zero-order chi connectivity index (χ0) is 12.3. The third-order valence-electron chi connectivity index (χ3n) is 2.33. The molecule has 0 atom stereocenters. The van der Waals surface area contributed by atoms with Gasteiger partial charge in [-0.1, -0.05) is 0 Å². The molecule has 0 aromatic heterocycles. The van der Waals surface area contributed by atoms with Crippen molar-refractivity contribution in [1.29, 1.82) is 0 Å². The van der Waals surface area contributed by atoms with Crippen molar-refractivity contribution in [3.05, 3.63) is 28.8 Å². The number of benzene rings is 1. The van der Waals surface area contributed by atoms with E-state index < -0.39 is 0 Å². The van der Waals surface area contributed by atoms with Gasteiger partial charge in [0.2, 0.25) is 5.91 Å². The van der Waals surface area contributed by atoms with Gasteiger partial charge in [0.15, 0.2) is 5.78 Å². The maximum atomic E-state index is 11.2. The summed E-state index contributed by atoms with van der Waals surface area (Å²) in [6.07, 6.45) is 0. The van der Waals surface area contributed by atoms with Crippen molar-refractivity contribution in [3.8, 4) is 0 Å². The molecular weight excluding hydrogens is 226 g/mol. The van der Waals surface area contributed by atoms with E-state index in [-0.39, 0.29) is 17.6 Å². The minimum atomic E-state index is -0.247. The Morgan fingerprint density at radius 1 is 1.25 bits per heavy atom. The van der Waals surface area contributed by atoms with Crippen LogP contribution in [0.5, 0.6) is 0 Å². The van der Waals surface area contributed by atoms with Crippen LogP contribution in [0.1, 0.15) is 28.4 Å². The number of ketones is 1. The Hall–Kier alpha value is -1.35. The van der Waals surface area contributed by atoms with Crippen LogP contribution in [0.2, 0.25) is 0 Å². The Morgan fingerprint density at radius 3 is 2.12 bits per heavy atom. The van der Waals surface area contributed by atoms with Crippen molar-refractivity contribution < 1.29 is 9.59 Å². The summed E-state index contributed by atoms with van der Waals surface area (Å²) >= 11 is 5.42. The summed E-state index contributed by atoms with van der Waals surface area (Å²) in [4.78, 5) is 22.4. The van der Waals surface area contributed by atoms with E-state index in [0.29, 0.717) is 5.56 Å². The van der Waals surface area contributed by atoms with Crippen molar-refractivity contribution in [3.63, 3.8) is 0 Å². The quantitative estimate of drug-likeness (QED) is 0.651. The summed E-state index contributed by atoms with van der Waals surface area (Å²) in [7, 11) is 0. The molecule has 3 nitrogen and oxygen atoms in total. The van der Waals surface area contributed by atoms with Crippen LogP contribution in [0.25, 0.3) is 0 Å². The smallest absolute Gasteiger partial charge is 0.239 e. The fourth-order valence-electron chi connectivity index (χ4n) is 1.54. The molecule has 0 unspecified atom stereocenters. The lowest BCUT2D eigenvalue weighted by atomic mass is 10.0. The first kappa shape index (κ1) is 12.7. The summed E-state index contributed by atoms with van der Waals surface area (Å²) in [5.74, 6) is -0.308. The predicted octanol–water partition coefficient (Wildman–Crippen LogP) is 2.68. The number of alkyl halides is 1. The van der Waals surface area contributed by atoms with Gasteiger partial charge in [0.1, 0.15) is 5.88 Å². The Bertz CT molecular complexity index is 418. The molecule has 16 heavy (non-hydrogen) atoms. The molecule has 0 saturated carbocycles. The molecule has 0 spiro atoms. The summed E-state index contributed by atoms with van der Waals surface area (Å²) < 4.78 is 0. The summed E-state index contributed by atoms with van der Waals surface area (Å²) in [5.41, 5.74) is 3.11. The summed E-state index contributed by atoms with van der Waals surface area (Å²) in [5, 5.41) is 2.71. The minimum absolute atomic E-state index is 0.0152. The van der Waals surface area contributed by atoms with E-state index in [2.05, 4.69) is 5.32 Å². The van der Waals surface area contributed by atoms with Crippen LogP contribution >= 0.6 is 11.6 Å². The van der Waals surface area contributed by atoms with Crippen LogP contribution in [-0.2, 0) is 4.79 Å². The van der Waals surface area contributed by atoms with Crippen LogP contribution in [0, 0.1) is 13.8 Å². The van der Waals surface area contributed by atoms with E-state index in [1.807, 2.05) is 13.8 Å². The number of halogens is 1. The average Bonchev–Trinajstić information content (AvgIpc) is 2.22. The van der Waals surface area contributed by atoms with Gasteiger partial charge in [0, 0.05) is 11.3 Å². The number of anilines is 1. The molecule has 1 rings (SSSR count). The Labute approximate surface area is 99.8 Å². The molecule has 0 radical (unpaired) electrons. The number of nitrogens with one attached hydrogen (secondary N) is 1. The monoisotopic (exact) mass is 239 g/mol. The predicted molar refractivity (Wildman–Crippen MR) is 65.3 cm³/mol. The van der Waals surface area contributed by atoms with Crippen LogP contribution in [0.3, 0.4) is 0 Å². The molecule has 4 heteroatoms. The van der Waals surface area contributed by atoms with E-state index >= 15 is 0 Å². The number of Topliss-reactive ketones (excluding diaryl/α,β-unsaturated/α-hetero) is 1. The molecule has 0 aliphatic carbocycles. The lowest BCUT2D eigenvalue weighted by molar-refractivity contribution is -0.113. The maximum absolute atomic E-state index is 11.2. The second-order valence-corrected chi connectivity index (χ2v) is 3.99. The SMILES string of the molecule is CC(=O)c1cc(C)c(NC(=O)CCl)c(C)c1. The highest BCUT2D eigenvalue weighted by molar-refractivity contribution is 6.29. The van der Waals surface area contributed by atoms with Crippen molar-refractivity contribution in [2.45, 2.75) is 20.8 Å². The third-order valence-corrected chi connectivity index (χ3v) is 2.57. The fourth-order valence-corrected chi connectivity index (χ4v) is 1.60. The van der Waals surface area contributed by atoms with E-state index in [1.54, 1.807) is 12.1 Å². The van der Waals surface area contributed by atoms with Crippen molar-refractivity contribution in [2.24, 2.45) is 0 Å². The molecule has 0 bridgehead atoms. The minimum Gasteiger partial charge on any atom is -0.325 e. The van der Waals surface area contributed by atoms with Gasteiger partial charge in [-0.25, -0.2) is 0 Å². The lowest BCUT2D eigenvalue weighted by Crippen LogP contribution is -2.15. The van der Waals surface area contributed by atoms with Gasteiger partial charge >= 0.3 is 0 Å². The lowest BCUT2D eigenvalue weighted by Gasteiger charge is -2.12. The molecule has 0 aliphatic rings. The number of hydrogen-bond acceptors (Lipinski definition) is 2. The second-order valence-electron chi connectivity index (χ2n) is 3.72. The maximum Gasteiger partial charge on any atom is 0.239 e. The van der Waals surface area contributed by atoms with Crippen LogP contribution in [0.15, 0.2) is 12.1 Å². The second kappa shape index (κ2) is 5.12. The zero-order valence-electron chi connectivity index (χ0n) is 9.56. The largest absolute Gasteiger partial charge is 0.325 e. The Kier molecular flexibility index (Phi) is 4.07. The summed E-state index contributed by atoms with van der Waals surface area (Å²) in [6, 6.07) is 3.53. The molecule has 86 valence electrons. The molecule has 1 aromatic rings. The van der Waals surface area contributed by atoms with Gasteiger partial charge < -0.3 is 5.32 Å². The molecule has 0 aliphatic heterocycles. The molecule has 0 saturated heterocycles. The molecule has 1 amide bonds. The molecule has 1 N–H and O–H groups in total. The normalized spacial score (nSPS) is 10.0. The highest BCUT2D eigenvalue weighted by Gasteiger charge is 2.09. The van der Waals surface area contributed by atoms with Gasteiger partial charge in [-0.05, 0) is 44.0 Å². The third kappa shape index (κ3) is 2.83. The van der Waals surface area contributed by atoms with E-state index in [4.69, 9.17) is 11.6 Å². The van der Waals surface area contributed by atoms with Gasteiger partial charge in [-0.15, -0.1) is 11.6 Å². The van der Waals surface area contributed by atoms with Gasteiger partial charge in [0.25, 0.3) is 0 Å². The number of carbonyl (C=O) groups is 2. The standard InChI is InChI=1S/C12H14ClNO2/c1-7-4-10(9(3)15)5-8(2)12(7)14-11(16)6-13/h4-5H,6H2,1-3H3,(H,14,16). The highest BCUT2D eigenvalue weighted by atomic mass is 35.5. The van der Waals surface area contributed by atoms with Gasteiger partial charge in [-0.2, -0.15) is 0 Å². The van der Waals surface area contributed by atoms with E-state index in [1.165, 1.54) is 6.92 Å². The van der Waals surface area contributed by atoms with Crippen molar-refractivity contribution in [2.75, 3.05) is 11.2 Å². The first-order valence-electron chi connectivity index (χ1n) is 4.93. The summed E-state index contributed by atoms with van der Waals surface area (Å²) in [6.45, 7) is 5.22. The Morgan fingerprint density at radius 2 is 1.75 bits per heavy atom. The van der Waals surface area contributed by atoms with E-state index in [0.717, 1.165) is 16.8 Å². The number of aryl methyl sites for hydroxylation is 2. The fraction of sp³-hybridized carbons (Fsp3) is 0.333. The zero-order valence-corrected chi connectivity index (χ0v) is 10.3. The molecule has 0 fully saturated rings. The highest BCUT2D eigenvalue weighted by Crippen LogP contribution is 2.22. The number of rotatable bonds is 3.